The van der Waals surface area contributed by atoms with Crippen LogP contribution in [-0.2, 0) is 28.5 Å². The zero-order valence-corrected chi connectivity index (χ0v) is 37.6. The third kappa shape index (κ3) is 36.6. The fourth-order valence-corrected chi connectivity index (χ4v) is 6.74. The highest BCUT2D eigenvalue weighted by molar-refractivity contribution is 5.69. The molecule has 0 atom stereocenters. The van der Waals surface area contributed by atoms with Crippen molar-refractivity contribution >= 4 is 18.1 Å². The molecule has 0 saturated carbocycles. The van der Waals surface area contributed by atoms with E-state index in [-0.39, 0.29) is 45.0 Å². The fourth-order valence-electron chi connectivity index (χ4n) is 6.74. The molecule has 1 saturated heterocycles. The van der Waals surface area contributed by atoms with Crippen LogP contribution in [0.2, 0.25) is 0 Å². The van der Waals surface area contributed by atoms with Gasteiger partial charge in [0.2, 0.25) is 0 Å². The van der Waals surface area contributed by atoms with E-state index in [0.29, 0.717) is 25.9 Å². The van der Waals surface area contributed by atoms with E-state index in [1.165, 1.54) is 51.4 Å². The number of aliphatic hydroxyl groups is 1. The monoisotopic (exact) mass is 831 g/mol. The van der Waals surface area contributed by atoms with Crippen molar-refractivity contribution in [3.05, 3.63) is 48.6 Å². The lowest BCUT2D eigenvalue weighted by Gasteiger charge is -2.34. The molecule has 1 aliphatic heterocycles. The highest BCUT2D eigenvalue weighted by Crippen LogP contribution is 2.12. The van der Waals surface area contributed by atoms with Crippen molar-refractivity contribution in [2.24, 2.45) is 5.92 Å². The second kappa shape index (κ2) is 41.8. The number of unbranched alkanes of at least 4 members (excludes halogenated alkanes) is 16. The highest BCUT2D eigenvalue weighted by Gasteiger charge is 2.20. The Kier molecular flexibility index (Phi) is 38.3. The van der Waals surface area contributed by atoms with E-state index in [0.717, 1.165) is 116 Å². The molecule has 10 nitrogen and oxygen atoms in total. The quantitative estimate of drug-likeness (QED) is 0.0278. The lowest BCUT2D eigenvalue weighted by molar-refractivity contribution is -0.150. The number of esters is 2. The summed E-state index contributed by atoms with van der Waals surface area (Å²) in [5, 5.41) is 9.14. The molecule has 0 aliphatic carbocycles. The van der Waals surface area contributed by atoms with Crippen LogP contribution >= 0.6 is 0 Å². The van der Waals surface area contributed by atoms with Gasteiger partial charge in [-0.05, 0) is 77.0 Å². The van der Waals surface area contributed by atoms with Crippen LogP contribution in [0.3, 0.4) is 0 Å². The van der Waals surface area contributed by atoms with Crippen LogP contribution in [0.1, 0.15) is 168 Å². The molecule has 0 radical (unpaired) electrons. The maximum Gasteiger partial charge on any atom is 0.508 e. The maximum absolute atomic E-state index is 12.6. The van der Waals surface area contributed by atoms with Gasteiger partial charge in [0.25, 0.3) is 0 Å². The maximum atomic E-state index is 12.6. The van der Waals surface area contributed by atoms with Crippen molar-refractivity contribution in [3.63, 3.8) is 0 Å². The van der Waals surface area contributed by atoms with Gasteiger partial charge < -0.3 is 24.1 Å². The normalized spacial score (nSPS) is 14.1. The summed E-state index contributed by atoms with van der Waals surface area (Å²) in [6, 6.07) is 0. The van der Waals surface area contributed by atoms with Crippen LogP contribution < -0.4 is 0 Å². The summed E-state index contributed by atoms with van der Waals surface area (Å²) in [5.41, 5.74) is 0. The van der Waals surface area contributed by atoms with Gasteiger partial charge in [-0.15, -0.1) is 0 Å². The van der Waals surface area contributed by atoms with Crippen LogP contribution in [0, 0.1) is 5.92 Å². The Bertz CT molecular complexity index is 1050. The van der Waals surface area contributed by atoms with Crippen molar-refractivity contribution in [1.29, 1.82) is 0 Å². The Hall–Kier alpha value is -2.95. The number of nitrogens with zero attached hydrogens (tertiary/aromatic N) is 2. The molecule has 1 rings (SSSR count). The number of carbonyl (C=O) groups is 3. The molecule has 340 valence electrons. The molecule has 59 heavy (non-hydrogen) atoms. The lowest BCUT2D eigenvalue weighted by Crippen LogP contribution is -2.48. The summed E-state index contributed by atoms with van der Waals surface area (Å²) in [7, 11) is 0. The Morgan fingerprint density at radius 1 is 0.492 bits per heavy atom. The van der Waals surface area contributed by atoms with E-state index in [1.807, 2.05) is 0 Å². The Morgan fingerprint density at radius 3 is 1.32 bits per heavy atom. The summed E-state index contributed by atoms with van der Waals surface area (Å²) in [4.78, 5) is 42.0. The molecule has 1 fully saturated rings. The summed E-state index contributed by atoms with van der Waals surface area (Å²) in [6.07, 6.45) is 42.5. The largest absolute Gasteiger partial charge is 0.508 e. The van der Waals surface area contributed by atoms with Gasteiger partial charge in [0.1, 0.15) is 26.4 Å². The first-order chi connectivity index (χ1) is 29.0. The molecule has 0 spiro atoms. The van der Waals surface area contributed by atoms with E-state index in [4.69, 9.17) is 24.1 Å². The zero-order chi connectivity index (χ0) is 42.7. The van der Waals surface area contributed by atoms with Crippen molar-refractivity contribution in [2.75, 3.05) is 72.3 Å². The number of piperazine rings is 1. The predicted molar refractivity (Wildman–Crippen MR) is 241 cm³/mol. The number of aliphatic hydroxyl groups excluding tert-OH is 1. The first kappa shape index (κ1) is 54.1. The van der Waals surface area contributed by atoms with Gasteiger partial charge >= 0.3 is 18.1 Å². The van der Waals surface area contributed by atoms with Crippen molar-refractivity contribution in [2.45, 2.75) is 168 Å². The molecule has 1 aliphatic rings. The standard InChI is InChI=1S/C49H86N2O8/c1-3-5-7-9-11-13-15-17-19-21-23-25-27-29-31-33-47(53)57-43-46(45-59-49(55)56-42-40-51-37-35-50(36-38-51)39-41-52)44-58-48(54)34-32-30-28-26-24-22-20-18-16-14-12-10-8-6-4-2/h11-14,17-20,46,52H,3-10,15-16,21-45H2,1-2H3/b13-11-,14-12-,19-17-,20-18-. The van der Waals surface area contributed by atoms with Crippen LogP contribution in [0.5, 0.6) is 0 Å². The van der Waals surface area contributed by atoms with Crippen molar-refractivity contribution < 1.29 is 38.4 Å². The number of allylic oxidation sites excluding steroid dienone is 8. The molecular formula is C49H86N2O8. The average Bonchev–Trinajstić information content (AvgIpc) is 3.24. The average molecular weight is 831 g/mol. The predicted octanol–water partition coefficient (Wildman–Crippen LogP) is 11.1. The highest BCUT2D eigenvalue weighted by atomic mass is 16.7. The molecule has 0 amide bonds. The topological polar surface area (TPSA) is 115 Å². The van der Waals surface area contributed by atoms with Gasteiger partial charge in [0.05, 0.1) is 12.5 Å². The molecule has 1 heterocycles. The van der Waals surface area contributed by atoms with Gasteiger partial charge in [0.15, 0.2) is 0 Å². The van der Waals surface area contributed by atoms with Gasteiger partial charge in [-0.25, -0.2) is 4.79 Å². The molecule has 0 aromatic heterocycles. The third-order valence-corrected chi connectivity index (χ3v) is 10.6. The van der Waals surface area contributed by atoms with Crippen LogP contribution in [0.4, 0.5) is 4.79 Å². The molecule has 0 bridgehead atoms. The van der Waals surface area contributed by atoms with Gasteiger partial charge in [0, 0.05) is 52.1 Å². The first-order valence-corrected chi connectivity index (χ1v) is 23.7. The van der Waals surface area contributed by atoms with E-state index < -0.39 is 12.1 Å². The molecule has 0 aromatic rings. The summed E-state index contributed by atoms with van der Waals surface area (Å²) in [6.45, 7) is 9.46. The minimum Gasteiger partial charge on any atom is -0.465 e. The number of rotatable bonds is 39. The fraction of sp³-hybridized carbons (Fsp3) is 0.776. The molecular weight excluding hydrogens is 745 g/mol. The van der Waals surface area contributed by atoms with E-state index in [9.17, 15) is 14.4 Å². The van der Waals surface area contributed by atoms with Gasteiger partial charge in [-0.2, -0.15) is 0 Å². The first-order valence-electron chi connectivity index (χ1n) is 23.7. The molecule has 10 heteroatoms. The van der Waals surface area contributed by atoms with Crippen molar-refractivity contribution in [1.82, 2.24) is 9.80 Å². The van der Waals surface area contributed by atoms with Gasteiger partial charge in [-0.1, -0.05) is 127 Å². The SMILES string of the molecule is CCCCC/C=C\C/C=C\CCCCCCCC(=O)OCC(COC(=O)CCCCCCC/C=C\C/C=C\CCCCC)COC(=O)OCCN1CCN(CCO)CC1. The third-order valence-electron chi connectivity index (χ3n) is 10.6. The number of hydrogen-bond acceptors (Lipinski definition) is 10. The summed E-state index contributed by atoms with van der Waals surface area (Å²) >= 11 is 0. The van der Waals surface area contributed by atoms with Crippen molar-refractivity contribution in [3.8, 4) is 0 Å². The summed E-state index contributed by atoms with van der Waals surface area (Å²) < 4.78 is 21.8. The van der Waals surface area contributed by atoms with Crippen LogP contribution in [0.15, 0.2) is 48.6 Å². The minimum absolute atomic E-state index is 0.00146. The Balaban J connectivity index is 2.32. The number of ether oxygens (including phenoxy) is 4. The molecule has 0 unspecified atom stereocenters. The minimum atomic E-state index is -0.790. The second-order valence-corrected chi connectivity index (χ2v) is 16.0. The summed E-state index contributed by atoms with van der Waals surface area (Å²) in [5.74, 6) is -1.07. The molecule has 0 aromatic carbocycles. The number of β-amino-alcohol motifs (C(OH)–C–C–N with tert-alkyl or cyclic N) is 1. The van der Waals surface area contributed by atoms with Crippen LogP contribution in [-0.4, -0.2) is 105 Å². The van der Waals surface area contributed by atoms with E-state index >= 15 is 0 Å². The van der Waals surface area contributed by atoms with E-state index in [2.05, 4.69) is 72.3 Å². The number of hydrogen-bond donors (Lipinski definition) is 1. The van der Waals surface area contributed by atoms with E-state index in [1.54, 1.807) is 0 Å². The lowest BCUT2D eigenvalue weighted by atomic mass is 10.1. The smallest absolute Gasteiger partial charge is 0.465 e. The Labute approximate surface area is 360 Å². The Morgan fingerprint density at radius 2 is 0.881 bits per heavy atom. The van der Waals surface area contributed by atoms with Crippen LogP contribution in [0.25, 0.3) is 0 Å². The zero-order valence-electron chi connectivity index (χ0n) is 37.6. The molecule has 1 N–H and O–H groups in total. The second-order valence-electron chi connectivity index (χ2n) is 16.0. The van der Waals surface area contributed by atoms with Gasteiger partial charge in [-0.3, -0.25) is 19.4 Å². The number of carbonyl (C=O) groups excluding carboxylic acids is 3.